The van der Waals surface area contributed by atoms with Gasteiger partial charge in [0.05, 0.1) is 25.8 Å². The average molecular weight is 379 g/mol. The molecule has 0 aromatic rings. The zero-order valence-electron chi connectivity index (χ0n) is 18.2. The number of amides is 1. The van der Waals surface area contributed by atoms with Gasteiger partial charge in [0.1, 0.15) is 6.54 Å². The molecule has 4 nitrogen and oxygen atoms in total. The molecular formula is C23H44N3O+. The molecule has 1 heterocycles. The largest absolute Gasteiger partial charge is 0.351 e. The fourth-order valence-corrected chi connectivity index (χ4v) is 4.00. The summed E-state index contributed by atoms with van der Waals surface area (Å²) in [6.45, 7) is 9.95. The van der Waals surface area contributed by atoms with Gasteiger partial charge in [-0.05, 0) is 39.0 Å². The summed E-state index contributed by atoms with van der Waals surface area (Å²) in [6.07, 6.45) is 21.6. The molecule has 0 radical (unpaired) electrons. The molecular weight excluding hydrogens is 334 g/mol. The van der Waals surface area contributed by atoms with Crippen LogP contribution >= 0.6 is 0 Å². The first-order chi connectivity index (χ1) is 13.1. The van der Waals surface area contributed by atoms with Crippen molar-refractivity contribution in [1.82, 2.24) is 5.32 Å². The number of nitrogens with one attached hydrogen (secondary N) is 1. The maximum Gasteiger partial charge on any atom is 0.217 e. The Labute approximate surface area is 168 Å². The van der Waals surface area contributed by atoms with Crippen LogP contribution in [0.3, 0.4) is 0 Å². The second kappa shape index (κ2) is 14.8. The Morgan fingerprint density at radius 2 is 1.74 bits per heavy atom. The molecule has 2 atom stereocenters. The van der Waals surface area contributed by atoms with Crippen LogP contribution in [0.1, 0.15) is 91.4 Å². The highest BCUT2D eigenvalue weighted by atomic mass is 16.1. The Balaban J connectivity index is 2.12. The van der Waals surface area contributed by atoms with Crippen LogP contribution in [0.2, 0.25) is 0 Å². The molecule has 0 bridgehead atoms. The minimum absolute atomic E-state index is 0.0636. The fourth-order valence-electron chi connectivity index (χ4n) is 4.00. The first-order valence-electron chi connectivity index (χ1n) is 11.4. The van der Waals surface area contributed by atoms with Crippen molar-refractivity contribution in [3.05, 3.63) is 12.2 Å². The SMILES string of the molecule is CCCCCCCC/C=C/CCCCC1N=CC[N+]1(CC)CCNC(C)=O. The van der Waals surface area contributed by atoms with Crippen LogP contribution in [0.4, 0.5) is 0 Å². The number of aliphatic imine (C=N–C) groups is 1. The van der Waals surface area contributed by atoms with Crippen LogP contribution in [0.15, 0.2) is 17.1 Å². The van der Waals surface area contributed by atoms with Crippen LogP contribution in [-0.2, 0) is 4.79 Å². The van der Waals surface area contributed by atoms with Crippen molar-refractivity contribution in [2.75, 3.05) is 26.2 Å². The molecule has 27 heavy (non-hydrogen) atoms. The summed E-state index contributed by atoms with van der Waals surface area (Å²) in [4.78, 5) is 15.9. The number of carbonyl (C=O) groups excluding carboxylic acids is 1. The van der Waals surface area contributed by atoms with Crippen molar-refractivity contribution in [2.24, 2.45) is 4.99 Å². The Bertz CT molecular complexity index is 447. The lowest BCUT2D eigenvalue weighted by Crippen LogP contribution is -2.55. The van der Waals surface area contributed by atoms with Crippen LogP contribution in [0.25, 0.3) is 0 Å². The van der Waals surface area contributed by atoms with E-state index in [1.807, 2.05) is 0 Å². The molecule has 0 saturated carbocycles. The quantitative estimate of drug-likeness (QED) is 0.223. The number of unbranched alkanes of at least 4 members (excludes halogenated alkanes) is 8. The number of carbonyl (C=O) groups is 1. The lowest BCUT2D eigenvalue weighted by atomic mass is 10.1. The van der Waals surface area contributed by atoms with E-state index in [1.165, 1.54) is 64.2 Å². The van der Waals surface area contributed by atoms with Crippen molar-refractivity contribution in [3.63, 3.8) is 0 Å². The Morgan fingerprint density at radius 3 is 2.41 bits per heavy atom. The fraction of sp³-hybridized carbons (Fsp3) is 0.826. The minimum atomic E-state index is 0.0636. The predicted molar refractivity (Wildman–Crippen MR) is 117 cm³/mol. The molecule has 1 aliphatic rings. The lowest BCUT2D eigenvalue weighted by Gasteiger charge is -2.38. The molecule has 2 unspecified atom stereocenters. The summed E-state index contributed by atoms with van der Waals surface area (Å²) in [5.74, 6) is 0.0636. The smallest absolute Gasteiger partial charge is 0.217 e. The third-order valence-corrected chi connectivity index (χ3v) is 5.89. The lowest BCUT2D eigenvalue weighted by molar-refractivity contribution is -0.935. The maximum atomic E-state index is 11.1. The summed E-state index contributed by atoms with van der Waals surface area (Å²) in [6, 6.07) is 0. The van der Waals surface area contributed by atoms with Crippen molar-refractivity contribution in [2.45, 2.75) is 97.6 Å². The Kier molecular flexibility index (Phi) is 13.1. The topological polar surface area (TPSA) is 41.5 Å². The molecule has 0 aromatic heterocycles. The standard InChI is InChI=1S/C23H43N3O/c1-4-6-7-8-9-10-11-12-13-14-15-16-17-23-25-19-21-26(23,5-2)20-18-24-22(3)27/h12-13,19,23H,4-11,14-18,20-21H2,1-3H3/p+1/b13-12+. The van der Waals surface area contributed by atoms with Crippen molar-refractivity contribution < 1.29 is 9.28 Å². The van der Waals surface area contributed by atoms with Gasteiger partial charge in [0.2, 0.25) is 5.91 Å². The monoisotopic (exact) mass is 378 g/mol. The highest BCUT2D eigenvalue weighted by Crippen LogP contribution is 2.23. The summed E-state index contributed by atoms with van der Waals surface area (Å²) < 4.78 is 1.01. The molecule has 0 spiro atoms. The van der Waals surface area contributed by atoms with Gasteiger partial charge in [-0.3, -0.25) is 9.28 Å². The van der Waals surface area contributed by atoms with Gasteiger partial charge in [-0.25, -0.2) is 4.99 Å². The summed E-state index contributed by atoms with van der Waals surface area (Å²) in [7, 11) is 0. The number of hydrogen-bond acceptors (Lipinski definition) is 2. The van der Waals surface area contributed by atoms with E-state index >= 15 is 0 Å². The zero-order valence-corrected chi connectivity index (χ0v) is 18.2. The van der Waals surface area contributed by atoms with Gasteiger partial charge in [-0.2, -0.15) is 0 Å². The van der Waals surface area contributed by atoms with Gasteiger partial charge < -0.3 is 5.32 Å². The van der Waals surface area contributed by atoms with Gasteiger partial charge >= 0.3 is 0 Å². The molecule has 1 amide bonds. The van der Waals surface area contributed by atoms with Gasteiger partial charge in [-0.1, -0.05) is 51.2 Å². The van der Waals surface area contributed by atoms with E-state index in [-0.39, 0.29) is 5.91 Å². The average Bonchev–Trinajstić information content (AvgIpc) is 3.05. The van der Waals surface area contributed by atoms with Crippen LogP contribution in [0, 0.1) is 0 Å². The molecule has 156 valence electrons. The maximum absolute atomic E-state index is 11.1. The minimum Gasteiger partial charge on any atom is -0.351 e. The van der Waals surface area contributed by atoms with Crippen molar-refractivity contribution >= 4 is 12.1 Å². The molecule has 1 rings (SSSR count). The number of likely N-dealkylation sites (N-methyl/N-ethyl adjacent to an activating group) is 1. The van der Waals surface area contributed by atoms with Crippen molar-refractivity contribution in [3.8, 4) is 0 Å². The molecule has 0 aromatic carbocycles. The zero-order chi connectivity index (χ0) is 19.8. The van der Waals surface area contributed by atoms with Crippen LogP contribution in [0.5, 0.6) is 0 Å². The number of nitrogens with zero attached hydrogens (tertiary/aromatic N) is 2. The molecule has 1 N–H and O–H groups in total. The molecule has 0 saturated heterocycles. The van der Waals surface area contributed by atoms with Crippen LogP contribution < -0.4 is 5.32 Å². The first-order valence-corrected chi connectivity index (χ1v) is 11.4. The van der Waals surface area contributed by atoms with E-state index in [0.29, 0.717) is 6.17 Å². The van der Waals surface area contributed by atoms with Crippen LogP contribution in [-0.4, -0.2) is 48.9 Å². The number of quaternary nitrogens is 1. The van der Waals surface area contributed by atoms with E-state index in [0.717, 1.165) is 37.1 Å². The number of allylic oxidation sites excluding steroid dienone is 2. The third-order valence-electron chi connectivity index (χ3n) is 5.89. The van der Waals surface area contributed by atoms with E-state index in [4.69, 9.17) is 4.99 Å². The van der Waals surface area contributed by atoms with E-state index in [1.54, 1.807) is 6.92 Å². The number of rotatable bonds is 16. The highest BCUT2D eigenvalue weighted by molar-refractivity contribution is 5.72. The number of hydrogen-bond donors (Lipinski definition) is 1. The summed E-state index contributed by atoms with van der Waals surface area (Å²) in [5, 5.41) is 2.95. The predicted octanol–water partition coefficient (Wildman–Crippen LogP) is 5.24. The third kappa shape index (κ3) is 10.1. The summed E-state index contributed by atoms with van der Waals surface area (Å²) >= 11 is 0. The summed E-state index contributed by atoms with van der Waals surface area (Å²) in [5.41, 5.74) is 0. The first kappa shape index (κ1) is 23.9. The van der Waals surface area contributed by atoms with E-state index in [9.17, 15) is 4.79 Å². The van der Waals surface area contributed by atoms with E-state index < -0.39 is 0 Å². The Morgan fingerprint density at radius 1 is 1.07 bits per heavy atom. The molecule has 4 heteroatoms. The van der Waals surface area contributed by atoms with Gasteiger partial charge in [0, 0.05) is 13.3 Å². The molecule has 0 aliphatic carbocycles. The second-order valence-corrected chi connectivity index (χ2v) is 8.05. The Hall–Kier alpha value is -1.16. The van der Waals surface area contributed by atoms with Crippen molar-refractivity contribution in [1.29, 1.82) is 0 Å². The molecule has 0 fully saturated rings. The van der Waals surface area contributed by atoms with E-state index in [2.05, 4.69) is 37.5 Å². The normalized spacial score (nSPS) is 22.0. The van der Waals surface area contributed by atoms with Gasteiger partial charge in [0.25, 0.3) is 0 Å². The van der Waals surface area contributed by atoms with Gasteiger partial charge in [0.15, 0.2) is 6.17 Å². The van der Waals surface area contributed by atoms with Gasteiger partial charge in [-0.15, -0.1) is 0 Å². The highest BCUT2D eigenvalue weighted by Gasteiger charge is 2.37. The molecule has 1 aliphatic heterocycles. The second-order valence-electron chi connectivity index (χ2n) is 8.05.